The maximum Gasteiger partial charge on any atom is 0.422 e. The Morgan fingerprint density at radius 3 is 2.34 bits per heavy atom. The second-order valence-electron chi connectivity index (χ2n) is 7.49. The van der Waals surface area contributed by atoms with Crippen LogP contribution in [0.5, 0.6) is 11.5 Å². The third-order valence-electron chi connectivity index (χ3n) is 5.05. The Bertz CT molecular complexity index is 898. The number of ether oxygens (including phenoxy) is 2. The van der Waals surface area contributed by atoms with E-state index in [2.05, 4.69) is 5.32 Å². The number of nitrogens with zero attached hydrogens (tertiary/aromatic N) is 1. The van der Waals surface area contributed by atoms with Crippen molar-refractivity contribution in [3.63, 3.8) is 0 Å². The Labute approximate surface area is 184 Å². The molecule has 9 heteroatoms. The molecular weight excluding hydrogens is 425 g/mol. The number of piperidine rings is 1. The van der Waals surface area contributed by atoms with Crippen LogP contribution in [0, 0.1) is 5.92 Å². The van der Waals surface area contributed by atoms with E-state index in [1.807, 2.05) is 30.3 Å². The zero-order chi connectivity index (χ0) is 23.0. The van der Waals surface area contributed by atoms with Crippen molar-refractivity contribution in [1.82, 2.24) is 4.90 Å². The number of nitrogens with one attached hydrogen (secondary N) is 1. The number of amides is 2. The molecule has 0 atom stereocenters. The molecule has 1 N–H and O–H groups in total. The van der Waals surface area contributed by atoms with E-state index in [1.54, 1.807) is 11.0 Å². The third kappa shape index (κ3) is 7.47. The molecule has 32 heavy (non-hydrogen) atoms. The fourth-order valence-electron chi connectivity index (χ4n) is 3.40. The number of hydrogen-bond acceptors (Lipinski definition) is 4. The molecule has 1 heterocycles. The molecule has 3 rings (SSSR count). The second-order valence-corrected chi connectivity index (χ2v) is 7.49. The Morgan fingerprint density at radius 1 is 0.969 bits per heavy atom. The Hall–Kier alpha value is -3.23. The first-order valence-corrected chi connectivity index (χ1v) is 10.4. The molecule has 0 aromatic heterocycles. The SMILES string of the molecule is O=C(Nc1cccc(OCC(F)(F)F)c1)C1CCN(C(=O)CCOc2ccccc2)CC1. The van der Waals surface area contributed by atoms with Crippen molar-refractivity contribution in [3.05, 3.63) is 54.6 Å². The maximum atomic E-state index is 12.5. The van der Waals surface area contributed by atoms with Gasteiger partial charge >= 0.3 is 6.18 Å². The van der Waals surface area contributed by atoms with Crippen molar-refractivity contribution in [2.45, 2.75) is 25.4 Å². The fraction of sp³-hybridized carbons (Fsp3) is 0.391. The van der Waals surface area contributed by atoms with E-state index in [-0.39, 0.29) is 36.5 Å². The van der Waals surface area contributed by atoms with Crippen LogP contribution in [-0.4, -0.2) is 49.2 Å². The highest BCUT2D eigenvalue weighted by Gasteiger charge is 2.29. The lowest BCUT2D eigenvalue weighted by Crippen LogP contribution is -2.41. The molecule has 0 spiro atoms. The van der Waals surface area contributed by atoms with E-state index in [0.29, 0.717) is 37.4 Å². The molecule has 0 aliphatic carbocycles. The molecular formula is C23H25F3N2O4. The lowest BCUT2D eigenvalue weighted by atomic mass is 9.95. The van der Waals surface area contributed by atoms with E-state index in [1.165, 1.54) is 18.2 Å². The number of hydrogen-bond donors (Lipinski definition) is 1. The van der Waals surface area contributed by atoms with Crippen molar-refractivity contribution >= 4 is 17.5 Å². The molecule has 1 saturated heterocycles. The summed E-state index contributed by atoms with van der Waals surface area (Å²) in [5.74, 6) is 0.216. The van der Waals surface area contributed by atoms with Gasteiger partial charge in [0.25, 0.3) is 0 Å². The lowest BCUT2D eigenvalue weighted by Gasteiger charge is -2.31. The van der Waals surface area contributed by atoms with Crippen LogP contribution in [0.3, 0.4) is 0 Å². The number of likely N-dealkylation sites (tertiary alicyclic amines) is 1. The average molecular weight is 450 g/mol. The van der Waals surface area contributed by atoms with Crippen LogP contribution in [0.4, 0.5) is 18.9 Å². The lowest BCUT2D eigenvalue weighted by molar-refractivity contribution is -0.153. The topological polar surface area (TPSA) is 67.9 Å². The van der Waals surface area contributed by atoms with Crippen molar-refractivity contribution < 1.29 is 32.2 Å². The first-order valence-electron chi connectivity index (χ1n) is 10.4. The summed E-state index contributed by atoms with van der Waals surface area (Å²) in [5.41, 5.74) is 0.367. The Balaban J connectivity index is 1.41. The summed E-state index contributed by atoms with van der Waals surface area (Å²) in [6, 6.07) is 15.1. The van der Waals surface area contributed by atoms with Gasteiger partial charge in [-0.15, -0.1) is 0 Å². The highest BCUT2D eigenvalue weighted by atomic mass is 19.4. The number of anilines is 1. The molecule has 172 valence electrons. The average Bonchev–Trinajstić information content (AvgIpc) is 2.78. The van der Waals surface area contributed by atoms with Crippen molar-refractivity contribution in [2.24, 2.45) is 5.92 Å². The minimum Gasteiger partial charge on any atom is -0.493 e. The van der Waals surface area contributed by atoms with Gasteiger partial charge in [0.15, 0.2) is 6.61 Å². The minimum atomic E-state index is -4.43. The summed E-state index contributed by atoms with van der Waals surface area (Å²) in [4.78, 5) is 26.6. The zero-order valence-electron chi connectivity index (χ0n) is 17.4. The summed E-state index contributed by atoms with van der Waals surface area (Å²) in [7, 11) is 0. The highest BCUT2D eigenvalue weighted by molar-refractivity contribution is 5.93. The van der Waals surface area contributed by atoms with Gasteiger partial charge in [0.1, 0.15) is 11.5 Å². The largest absolute Gasteiger partial charge is 0.493 e. The predicted octanol–water partition coefficient (Wildman–Crippen LogP) is 4.27. The van der Waals surface area contributed by atoms with Crippen LogP contribution in [0.15, 0.2) is 54.6 Å². The Morgan fingerprint density at radius 2 is 1.66 bits per heavy atom. The molecule has 1 fully saturated rings. The van der Waals surface area contributed by atoms with Crippen molar-refractivity contribution in [1.29, 1.82) is 0 Å². The normalized spacial score (nSPS) is 14.7. The first-order chi connectivity index (χ1) is 15.3. The van der Waals surface area contributed by atoms with Gasteiger partial charge < -0.3 is 19.7 Å². The molecule has 1 aliphatic heterocycles. The van der Waals surface area contributed by atoms with Gasteiger partial charge in [-0.25, -0.2) is 0 Å². The van der Waals surface area contributed by atoms with Crippen LogP contribution < -0.4 is 14.8 Å². The standard InChI is InChI=1S/C23H25F3N2O4/c24-23(25,26)16-32-20-8-4-5-18(15-20)27-22(30)17-9-12-28(13-10-17)21(29)11-14-31-19-6-2-1-3-7-19/h1-8,15,17H,9-14,16H2,(H,27,30). The monoisotopic (exact) mass is 450 g/mol. The van der Waals surface area contributed by atoms with Gasteiger partial charge in [-0.1, -0.05) is 24.3 Å². The maximum absolute atomic E-state index is 12.5. The van der Waals surface area contributed by atoms with Gasteiger partial charge in [0.2, 0.25) is 11.8 Å². The molecule has 2 amide bonds. The minimum absolute atomic E-state index is 0.0192. The van der Waals surface area contributed by atoms with Crippen molar-refractivity contribution in [2.75, 3.05) is 31.6 Å². The van der Waals surface area contributed by atoms with Crippen LogP contribution in [0.1, 0.15) is 19.3 Å². The summed E-state index contributed by atoms with van der Waals surface area (Å²) in [5, 5.41) is 2.72. The molecule has 6 nitrogen and oxygen atoms in total. The summed E-state index contributed by atoms with van der Waals surface area (Å²) in [6.45, 7) is -0.169. The van der Waals surface area contributed by atoms with Gasteiger partial charge in [0, 0.05) is 30.8 Å². The van der Waals surface area contributed by atoms with E-state index in [4.69, 9.17) is 9.47 Å². The molecule has 1 aliphatic rings. The van der Waals surface area contributed by atoms with Crippen LogP contribution >= 0.6 is 0 Å². The van der Waals surface area contributed by atoms with E-state index < -0.39 is 12.8 Å². The molecule has 0 bridgehead atoms. The quantitative estimate of drug-likeness (QED) is 0.652. The molecule has 2 aromatic rings. The smallest absolute Gasteiger partial charge is 0.422 e. The third-order valence-corrected chi connectivity index (χ3v) is 5.05. The van der Waals surface area contributed by atoms with Crippen molar-refractivity contribution in [3.8, 4) is 11.5 Å². The summed E-state index contributed by atoms with van der Waals surface area (Å²) < 4.78 is 47.2. The fourth-order valence-corrected chi connectivity index (χ4v) is 3.40. The predicted molar refractivity (Wildman–Crippen MR) is 112 cm³/mol. The molecule has 0 radical (unpaired) electrons. The number of benzene rings is 2. The van der Waals surface area contributed by atoms with Crippen LogP contribution in [0.25, 0.3) is 0 Å². The van der Waals surface area contributed by atoms with Crippen LogP contribution in [0.2, 0.25) is 0 Å². The van der Waals surface area contributed by atoms with Crippen LogP contribution in [-0.2, 0) is 9.59 Å². The second kappa shape index (κ2) is 10.9. The molecule has 2 aromatic carbocycles. The number of para-hydroxylation sites is 1. The van der Waals surface area contributed by atoms with Gasteiger partial charge in [-0.3, -0.25) is 9.59 Å². The summed E-state index contributed by atoms with van der Waals surface area (Å²) >= 11 is 0. The van der Waals surface area contributed by atoms with E-state index in [9.17, 15) is 22.8 Å². The van der Waals surface area contributed by atoms with Gasteiger partial charge in [-0.05, 0) is 37.1 Å². The van der Waals surface area contributed by atoms with Gasteiger partial charge in [-0.2, -0.15) is 13.2 Å². The van der Waals surface area contributed by atoms with Gasteiger partial charge in [0.05, 0.1) is 13.0 Å². The number of alkyl halides is 3. The molecule has 0 saturated carbocycles. The highest BCUT2D eigenvalue weighted by Crippen LogP contribution is 2.24. The number of halogens is 3. The number of rotatable bonds is 8. The zero-order valence-corrected chi connectivity index (χ0v) is 17.4. The number of carbonyl (C=O) groups excluding carboxylic acids is 2. The van der Waals surface area contributed by atoms with E-state index in [0.717, 1.165) is 0 Å². The Kier molecular flexibility index (Phi) is 7.97. The summed E-state index contributed by atoms with van der Waals surface area (Å²) in [6.07, 6.45) is -3.14. The first kappa shape index (κ1) is 23.4. The number of carbonyl (C=O) groups is 2. The molecule has 0 unspecified atom stereocenters. The van der Waals surface area contributed by atoms with E-state index >= 15 is 0 Å².